The van der Waals surface area contributed by atoms with Crippen LogP contribution in [-0.4, -0.2) is 6.61 Å². The Kier molecular flexibility index (Phi) is 2.53. The van der Waals surface area contributed by atoms with E-state index in [0.29, 0.717) is 0 Å². The molecule has 1 aliphatic rings. The highest BCUT2D eigenvalue weighted by Crippen LogP contribution is 2.28. The van der Waals surface area contributed by atoms with E-state index in [-0.39, 0.29) is 0 Å². The Morgan fingerprint density at radius 3 is 3.15 bits per heavy atom. The Morgan fingerprint density at radius 2 is 2.31 bits per heavy atom. The van der Waals surface area contributed by atoms with Gasteiger partial charge in [-0.25, -0.2) is 0 Å². The molecule has 1 nitrogen and oxygen atoms in total. The van der Waals surface area contributed by atoms with Crippen LogP contribution >= 0.6 is 0 Å². The summed E-state index contributed by atoms with van der Waals surface area (Å²) in [6, 6.07) is 6.43. The summed E-state index contributed by atoms with van der Waals surface area (Å²) in [4.78, 5) is 0. The molecule has 0 spiro atoms. The van der Waals surface area contributed by atoms with Gasteiger partial charge in [-0.2, -0.15) is 0 Å². The van der Waals surface area contributed by atoms with E-state index >= 15 is 0 Å². The van der Waals surface area contributed by atoms with Crippen LogP contribution in [0.5, 0.6) is 5.75 Å². The Hall–Kier alpha value is -0.980. The first-order chi connectivity index (χ1) is 6.42. The van der Waals surface area contributed by atoms with Crippen LogP contribution in [-0.2, 0) is 12.8 Å². The van der Waals surface area contributed by atoms with Crippen LogP contribution in [0.3, 0.4) is 0 Å². The molecule has 1 heteroatoms. The van der Waals surface area contributed by atoms with Crippen molar-refractivity contribution in [3.63, 3.8) is 0 Å². The van der Waals surface area contributed by atoms with Crippen molar-refractivity contribution in [3.8, 4) is 5.75 Å². The number of hydrogen-bond acceptors (Lipinski definition) is 1. The standard InChI is InChI=1S/C12H16O/c1-2-5-10-6-3-8-12-11(10)7-4-9-13-12/h3,6,8H,2,4-5,7,9H2,1H3. The van der Waals surface area contributed by atoms with Gasteiger partial charge in [0.2, 0.25) is 0 Å². The summed E-state index contributed by atoms with van der Waals surface area (Å²) in [6.45, 7) is 3.12. The molecule has 1 heterocycles. The van der Waals surface area contributed by atoms with E-state index in [1.54, 1.807) is 0 Å². The Bertz CT molecular complexity index is 291. The Labute approximate surface area is 79.7 Å². The predicted molar refractivity (Wildman–Crippen MR) is 54.3 cm³/mol. The molecule has 0 aliphatic carbocycles. The fourth-order valence-electron chi connectivity index (χ4n) is 1.96. The second-order valence-corrected chi connectivity index (χ2v) is 3.60. The number of benzene rings is 1. The molecule has 0 saturated carbocycles. The van der Waals surface area contributed by atoms with E-state index in [4.69, 9.17) is 4.74 Å². The fourth-order valence-corrected chi connectivity index (χ4v) is 1.96. The Morgan fingerprint density at radius 1 is 1.38 bits per heavy atom. The molecule has 1 aliphatic heterocycles. The van der Waals surface area contributed by atoms with Crippen molar-refractivity contribution in [2.45, 2.75) is 32.6 Å². The molecule has 0 saturated heterocycles. The monoisotopic (exact) mass is 176 g/mol. The lowest BCUT2D eigenvalue weighted by Crippen LogP contribution is -2.10. The molecular formula is C12H16O. The molecule has 0 bridgehead atoms. The van der Waals surface area contributed by atoms with Crippen LogP contribution in [0.15, 0.2) is 18.2 Å². The summed E-state index contributed by atoms with van der Waals surface area (Å²) in [6.07, 6.45) is 4.78. The van der Waals surface area contributed by atoms with Crippen LogP contribution in [0.1, 0.15) is 30.9 Å². The minimum absolute atomic E-state index is 0.891. The van der Waals surface area contributed by atoms with Gasteiger partial charge in [-0.1, -0.05) is 25.5 Å². The normalized spacial score (nSPS) is 14.8. The molecule has 1 aromatic rings. The lowest BCUT2D eigenvalue weighted by molar-refractivity contribution is 0.287. The average Bonchev–Trinajstić information content (AvgIpc) is 2.19. The quantitative estimate of drug-likeness (QED) is 0.673. The van der Waals surface area contributed by atoms with Gasteiger partial charge in [-0.15, -0.1) is 0 Å². The van der Waals surface area contributed by atoms with Crippen molar-refractivity contribution in [1.82, 2.24) is 0 Å². The van der Waals surface area contributed by atoms with Gasteiger partial charge < -0.3 is 4.74 Å². The number of aryl methyl sites for hydroxylation is 1. The largest absolute Gasteiger partial charge is 0.493 e. The van der Waals surface area contributed by atoms with E-state index in [1.807, 2.05) is 0 Å². The molecule has 70 valence electrons. The molecule has 0 aromatic heterocycles. The maximum atomic E-state index is 5.61. The zero-order valence-corrected chi connectivity index (χ0v) is 8.18. The van der Waals surface area contributed by atoms with Crippen LogP contribution in [0.4, 0.5) is 0 Å². The van der Waals surface area contributed by atoms with E-state index in [1.165, 1.54) is 36.8 Å². The van der Waals surface area contributed by atoms with Crippen LogP contribution in [0, 0.1) is 0 Å². The highest BCUT2D eigenvalue weighted by Gasteiger charge is 2.12. The van der Waals surface area contributed by atoms with Crippen LogP contribution in [0.25, 0.3) is 0 Å². The number of hydrogen-bond donors (Lipinski definition) is 0. The molecule has 0 amide bonds. The molecule has 0 N–H and O–H groups in total. The lowest BCUT2D eigenvalue weighted by Gasteiger charge is -2.19. The summed E-state index contributed by atoms with van der Waals surface area (Å²) >= 11 is 0. The number of fused-ring (bicyclic) bond motifs is 1. The van der Waals surface area contributed by atoms with Gasteiger partial charge in [0.15, 0.2) is 0 Å². The molecule has 0 radical (unpaired) electrons. The van der Waals surface area contributed by atoms with E-state index in [0.717, 1.165) is 12.4 Å². The van der Waals surface area contributed by atoms with Gasteiger partial charge in [0.05, 0.1) is 6.61 Å². The predicted octanol–water partition coefficient (Wildman–Crippen LogP) is 2.96. The lowest BCUT2D eigenvalue weighted by atomic mass is 9.97. The van der Waals surface area contributed by atoms with Gasteiger partial charge in [0, 0.05) is 0 Å². The topological polar surface area (TPSA) is 9.23 Å². The first-order valence-corrected chi connectivity index (χ1v) is 5.15. The van der Waals surface area contributed by atoms with Gasteiger partial charge >= 0.3 is 0 Å². The van der Waals surface area contributed by atoms with Gasteiger partial charge in [0.1, 0.15) is 5.75 Å². The molecule has 0 atom stereocenters. The molecule has 13 heavy (non-hydrogen) atoms. The summed E-state index contributed by atoms with van der Waals surface area (Å²) in [7, 11) is 0. The third kappa shape index (κ3) is 1.69. The third-order valence-electron chi connectivity index (χ3n) is 2.58. The first kappa shape index (κ1) is 8.61. The molecular weight excluding hydrogens is 160 g/mol. The summed E-state index contributed by atoms with van der Waals surface area (Å²) < 4.78 is 5.61. The molecule has 2 rings (SSSR count). The number of ether oxygens (including phenoxy) is 1. The van der Waals surface area contributed by atoms with E-state index in [9.17, 15) is 0 Å². The first-order valence-electron chi connectivity index (χ1n) is 5.15. The van der Waals surface area contributed by atoms with Gasteiger partial charge in [-0.05, 0) is 36.5 Å². The number of rotatable bonds is 2. The van der Waals surface area contributed by atoms with Gasteiger partial charge in [0.25, 0.3) is 0 Å². The van der Waals surface area contributed by atoms with Crippen molar-refractivity contribution >= 4 is 0 Å². The highest BCUT2D eigenvalue weighted by molar-refractivity contribution is 5.41. The smallest absolute Gasteiger partial charge is 0.122 e. The van der Waals surface area contributed by atoms with Crippen LogP contribution < -0.4 is 4.74 Å². The molecule has 0 fully saturated rings. The highest BCUT2D eigenvalue weighted by atomic mass is 16.5. The zero-order valence-electron chi connectivity index (χ0n) is 8.18. The summed E-state index contributed by atoms with van der Waals surface area (Å²) in [5.41, 5.74) is 2.94. The second kappa shape index (κ2) is 3.82. The fraction of sp³-hybridized carbons (Fsp3) is 0.500. The van der Waals surface area contributed by atoms with E-state index in [2.05, 4.69) is 25.1 Å². The molecule has 1 aromatic carbocycles. The zero-order chi connectivity index (χ0) is 9.10. The average molecular weight is 176 g/mol. The van der Waals surface area contributed by atoms with Crippen LogP contribution in [0.2, 0.25) is 0 Å². The van der Waals surface area contributed by atoms with Crippen molar-refractivity contribution in [2.24, 2.45) is 0 Å². The third-order valence-corrected chi connectivity index (χ3v) is 2.58. The van der Waals surface area contributed by atoms with E-state index < -0.39 is 0 Å². The van der Waals surface area contributed by atoms with Crippen molar-refractivity contribution in [3.05, 3.63) is 29.3 Å². The van der Waals surface area contributed by atoms with Crippen molar-refractivity contribution < 1.29 is 4.74 Å². The second-order valence-electron chi connectivity index (χ2n) is 3.60. The minimum Gasteiger partial charge on any atom is -0.493 e. The molecule has 0 unspecified atom stereocenters. The summed E-state index contributed by atoms with van der Waals surface area (Å²) in [5.74, 6) is 1.12. The maximum absolute atomic E-state index is 5.61. The maximum Gasteiger partial charge on any atom is 0.122 e. The Balaban J connectivity index is 2.34. The van der Waals surface area contributed by atoms with Crippen molar-refractivity contribution in [2.75, 3.05) is 6.61 Å². The van der Waals surface area contributed by atoms with Gasteiger partial charge in [-0.3, -0.25) is 0 Å². The van der Waals surface area contributed by atoms with Crippen molar-refractivity contribution in [1.29, 1.82) is 0 Å². The SMILES string of the molecule is CCCc1cccc2c1CCCO2. The minimum atomic E-state index is 0.891. The summed E-state index contributed by atoms with van der Waals surface area (Å²) in [5, 5.41) is 0.